The molecule has 1 aromatic rings. The summed E-state index contributed by atoms with van der Waals surface area (Å²) in [6.07, 6.45) is 0.546. The Bertz CT molecular complexity index is 339. The molecule has 3 heteroatoms. The van der Waals surface area contributed by atoms with Crippen molar-refractivity contribution in [2.24, 2.45) is 0 Å². The van der Waals surface area contributed by atoms with Gasteiger partial charge < -0.3 is 15.3 Å². The van der Waals surface area contributed by atoms with Crippen LogP contribution in [0.3, 0.4) is 0 Å². The molecule has 0 radical (unpaired) electrons. The van der Waals surface area contributed by atoms with Crippen LogP contribution in [0.1, 0.15) is 31.9 Å². The first-order valence-electron chi connectivity index (χ1n) is 6.21. The van der Waals surface area contributed by atoms with Crippen LogP contribution >= 0.6 is 0 Å². The lowest BCUT2D eigenvalue weighted by Gasteiger charge is -2.25. The third-order valence-corrected chi connectivity index (χ3v) is 3.13. The molecule has 0 aliphatic rings. The molecular formula is C14H24N2O. The third kappa shape index (κ3) is 4.02. The lowest BCUT2D eigenvalue weighted by atomic mass is 10.1. The fourth-order valence-corrected chi connectivity index (χ4v) is 1.86. The molecule has 0 fully saturated rings. The van der Waals surface area contributed by atoms with Crippen LogP contribution in [-0.4, -0.2) is 31.9 Å². The number of para-hydroxylation sites is 1. The number of nitrogens with one attached hydrogen (secondary N) is 1. The van der Waals surface area contributed by atoms with E-state index >= 15 is 0 Å². The molecule has 0 saturated heterocycles. The number of hydrogen-bond donors (Lipinski definition) is 2. The number of anilines is 1. The highest BCUT2D eigenvalue weighted by Crippen LogP contribution is 2.25. The molecule has 2 unspecified atom stereocenters. The molecule has 0 aliphatic carbocycles. The van der Waals surface area contributed by atoms with Crippen LogP contribution in [0.25, 0.3) is 0 Å². The van der Waals surface area contributed by atoms with Gasteiger partial charge in [-0.05, 0) is 38.9 Å². The Hall–Kier alpha value is -1.06. The molecule has 1 aromatic carbocycles. The molecule has 0 bridgehead atoms. The normalized spacial score (nSPS) is 14.4. The van der Waals surface area contributed by atoms with Gasteiger partial charge in [0.05, 0.1) is 6.10 Å². The van der Waals surface area contributed by atoms with Crippen LogP contribution in [0.15, 0.2) is 24.3 Å². The molecule has 0 spiro atoms. The summed E-state index contributed by atoms with van der Waals surface area (Å²) in [5.74, 6) is 0. The molecule has 2 N–H and O–H groups in total. The molecule has 96 valence electrons. The van der Waals surface area contributed by atoms with Crippen LogP contribution in [0.2, 0.25) is 0 Å². The Labute approximate surface area is 104 Å². The van der Waals surface area contributed by atoms with Crippen molar-refractivity contribution in [2.45, 2.75) is 32.4 Å². The summed E-state index contributed by atoms with van der Waals surface area (Å²) in [5.41, 5.74) is 2.53. The number of aliphatic hydroxyl groups is 1. The molecular weight excluding hydrogens is 212 g/mol. The van der Waals surface area contributed by atoms with E-state index in [0.29, 0.717) is 6.04 Å². The van der Waals surface area contributed by atoms with Gasteiger partial charge in [0.2, 0.25) is 0 Å². The molecule has 0 heterocycles. The second-order valence-electron chi connectivity index (χ2n) is 4.63. The van der Waals surface area contributed by atoms with E-state index in [1.54, 1.807) is 0 Å². The minimum Gasteiger partial charge on any atom is -0.393 e. The Morgan fingerprint density at radius 3 is 2.53 bits per heavy atom. The Morgan fingerprint density at radius 2 is 1.94 bits per heavy atom. The summed E-state index contributed by atoms with van der Waals surface area (Å²) < 4.78 is 0. The largest absolute Gasteiger partial charge is 0.393 e. The molecule has 0 saturated carbocycles. The monoisotopic (exact) mass is 236 g/mol. The van der Waals surface area contributed by atoms with E-state index in [-0.39, 0.29) is 6.10 Å². The predicted octanol–water partition coefficient (Wildman–Crippen LogP) is 2.17. The van der Waals surface area contributed by atoms with E-state index < -0.39 is 0 Å². The number of nitrogens with zero attached hydrogens (tertiary/aromatic N) is 1. The average molecular weight is 236 g/mol. The topological polar surface area (TPSA) is 35.5 Å². The summed E-state index contributed by atoms with van der Waals surface area (Å²) in [4.78, 5) is 2.20. The van der Waals surface area contributed by atoms with Gasteiger partial charge in [-0.15, -0.1) is 0 Å². The quantitative estimate of drug-likeness (QED) is 0.794. The Kier molecular flexibility index (Phi) is 5.45. The highest BCUT2D eigenvalue weighted by Gasteiger charge is 2.11. The van der Waals surface area contributed by atoms with Crippen molar-refractivity contribution in [1.82, 2.24) is 5.32 Å². The van der Waals surface area contributed by atoms with E-state index in [0.717, 1.165) is 13.0 Å². The highest BCUT2D eigenvalue weighted by atomic mass is 16.3. The van der Waals surface area contributed by atoms with E-state index in [4.69, 9.17) is 0 Å². The number of hydrogen-bond acceptors (Lipinski definition) is 3. The Balaban J connectivity index is 2.81. The van der Waals surface area contributed by atoms with E-state index in [1.165, 1.54) is 11.3 Å². The van der Waals surface area contributed by atoms with Gasteiger partial charge in [0.25, 0.3) is 0 Å². The van der Waals surface area contributed by atoms with E-state index in [2.05, 4.69) is 48.5 Å². The predicted molar refractivity (Wildman–Crippen MR) is 73.5 cm³/mol. The van der Waals surface area contributed by atoms with Gasteiger partial charge in [-0.25, -0.2) is 0 Å². The van der Waals surface area contributed by atoms with Gasteiger partial charge >= 0.3 is 0 Å². The van der Waals surface area contributed by atoms with Gasteiger partial charge in [0.15, 0.2) is 0 Å². The van der Waals surface area contributed by atoms with E-state index in [1.807, 2.05) is 14.0 Å². The van der Waals surface area contributed by atoms with Crippen molar-refractivity contribution in [2.75, 3.05) is 25.5 Å². The van der Waals surface area contributed by atoms with Crippen molar-refractivity contribution in [3.05, 3.63) is 29.8 Å². The second kappa shape index (κ2) is 6.62. The summed E-state index contributed by atoms with van der Waals surface area (Å²) >= 11 is 0. The number of rotatable bonds is 6. The van der Waals surface area contributed by atoms with Crippen LogP contribution in [0, 0.1) is 0 Å². The zero-order chi connectivity index (χ0) is 12.8. The summed E-state index contributed by atoms with van der Waals surface area (Å²) in [7, 11) is 4.04. The van der Waals surface area contributed by atoms with Crippen LogP contribution in [0.5, 0.6) is 0 Å². The molecule has 2 atom stereocenters. The second-order valence-corrected chi connectivity index (χ2v) is 4.63. The first-order valence-corrected chi connectivity index (χ1v) is 6.21. The summed E-state index contributed by atoms with van der Waals surface area (Å²) in [6.45, 7) is 4.85. The minimum absolute atomic E-state index is 0.244. The van der Waals surface area contributed by atoms with Crippen molar-refractivity contribution in [3.63, 3.8) is 0 Å². The van der Waals surface area contributed by atoms with Crippen LogP contribution in [-0.2, 0) is 0 Å². The fraction of sp³-hybridized carbons (Fsp3) is 0.571. The van der Waals surface area contributed by atoms with Crippen molar-refractivity contribution >= 4 is 5.69 Å². The van der Waals surface area contributed by atoms with Crippen molar-refractivity contribution in [1.29, 1.82) is 0 Å². The molecule has 0 aromatic heterocycles. The maximum atomic E-state index is 9.33. The zero-order valence-corrected chi connectivity index (χ0v) is 11.3. The summed E-state index contributed by atoms with van der Waals surface area (Å²) in [6, 6.07) is 8.73. The summed E-state index contributed by atoms with van der Waals surface area (Å²) in [5, 5.41) is 12.6. The van der Waals surface area contributed by atoms with E-state index in [9.17, 15) is 5.11 Å². The van der Waals surface area contributed by atoms with Crippen LogP contribution < -0.4 is 10.2 Å². The SMILES string of the molecule is CNC(C)c1ccccc1N(C)CCC(C)O. The first-order chi connectivity index (χ1) is 8.06. The standard InChI is InChI=1S/C14H24N2O/c1-11(17)9-10-16(4)14-8-6-5-7-13(14)12(2)15-3/h5-8,11-12,15,17H,9-10H2,1-4H3. The average Bonchev–Trinajstić information content (AvgIpc) is 2.34. The highest BCUT2D eigenvalue weighted by molar-refractivity contribution is 5.54. The van der Waals surface area contributed by atoms with Gasteiger partial charge in [0, 0.05) is 25.3 Å². The van der Waals surface area contributed by atoms with Gasteiger partial charge in [-0.2, -0.15) is 0 Å². The number of benzene rings is 1. The molecule has 0 aliphatic heterocycles. The molecule has 0 amide bonds. The minimum atomic E-state index is -0.244. The lowest BCUT2D eigenvalue weighted by molar-refractivity contribution is 0.187. The lowest BCUT2D eigenvalue weighted by Crippen LogP contribution is -2.24. The number of aliphatic hydroxyl groups excluding tert-OH is 1. The zero-order valence-electron chi connectivity index (χ0n) is 11.3. The molecule has 3 nitrogen and oxygen atoms in total. The third-order valence-electron chi connectivity index (χ3n) is 3.13. The fourth-order valence-electron chi connectivity index (χ4n) is 1.86. The van der Waals surface area contributed by atoms with Gasteiger partial charge in [0.1, 0.15) is 0 Å². The van der Waals surface area contributed by atoms with Crippen molar-refractivity contribution in [3.8, 4) is 0 Å². The van der Waals surface area contributed by atoms with Gasteiger partial charge in [-0.1, -0.05) is 18.2 Å². The molecule has 1 rings (SSSR count). The van der Waals surface area contributed by atoms with Crippen LogP contribution in [0.4, 0.5) is 5.69 Å². The maximum Gasteiger partial charge on any atom is 0.0528 e. The smallest absolute Gasteiger partial charge is 0.0528 e. The maximum absolute atomic E-state index is 9.33. The first kappa shape index (κ1) is 14.0. The molecule has 17 heavy (non-hydrogen) atoms. The Morgan fingerprint density at radius 1 is 1.29 bits per heavy atom. The van der Waals surface area contributed by atoms with Crippen molar-refractivity contribution < 1.29 is 5.11 Å². The van der Waals surface area contributed by atoms with Gasteiger partial charge in [-0.3, -0.25) is 0 Å².